The molecule has 0 radical (unpaired) electrons. The molecule has 3 aromatic rings. The van der Waals surface area contributed by atoms with Crippen molar-refractivity contribution in [3.05, 3.63) is 54.3 Å². The highest BCUT2D eigenvalue weighted by Gasteiger charge is 2.11. The Balaban J connectivity index is 2.27. The Hall–Kier alpha value is -2.66. The fraction of sp³-hybridized carbons (Fsp3) is 0.0625. The number of anilines is 1. The van der Waals surface area contributed by atoms with Crippen molar-refractivity contribution in [2.75, 3.05) is 12.5 Å². The summed E-state index contributed by atoms with van der Waals surface area (Å²) in [5.41, 5.74) is 5.47. The average molecular weight is 283 g/mol. The Labute approximate surface area is 121 Å². The summed E-state index contributed by atoms with van der Waals surface area (Å²) in [4.78, 5) is 4.50. The summed E-state index contributed by atoms with van der Waals surface area (Å²) < 4.78 is 18.9. The summed E-state index contributed by atoms with van der Waals surface area (Å²) in [6.07, 6.45) is 0. The molecule has 0 amide bonds. The Morgan fingerprint density at radius 2 is 1.90 bits per heavy atom. The number of hydrazine groups is 1. The highest BCUT2D eigenvalue weighted by atomic mass is 19.1. The van der Waals surface area contributed by atoms with Gasteiger partial charge in [0.15, 0.2) is 11.6 Å². The van der Waals surface area contributed by atoms with E-state index < -0.39 is 5.82 Å². The van der Waals surface area contributed by atoms with Crippen molar-refractivity contribution in [3.63, 3.8) is 0 Å². The summed E-state index contributed by atoms with van der Waals surface area (Å²) in [5, 5.41) is 0.704. The Morgan fingerprint density at radius 3 is 2.57 bits per heavy atom. The number of aromatic nitrogens is 1. The average Bonchev–Trinajstić information content (AvgIpc) is 2.53. The minimum atomic E-state index is -0.453. The molecule has 0 aliphatic heterocycles. The van der Waals surface area contributed by atoms with E-state index in [-0.39, 0.29) is 5.75 Å². The van der Waals surface area contributed by atoms with Gasteiger partial charge in [-0.15, -0.1) is 0 Å². The maximum absolute atomic E-state index is 13.9. The second-order valence-corrected chi connectivity index (χ2v) is 4.57. The third-order valence-electron chi connectivity index (χ3n) is 3.31. The number of rotatable bonds is 3. The van der Waals surface area contributed by atoms with Crippen molar-refractivity contribution in [3.8, 4) is 17.0 Å². The molecule has 0 saturated carbocycles. The Bertz CT molecular complexity index is 790. The molecule has 5 heteroatoms. The number of pyridine rings is 1. The second-order valence-electron chi connectivity index (χ2n) is 4.57. The van der Waals surface area contributed by atoms with Gasteiger partial charge in [-0.1, -0.05) is 30.3 Å². The first-order valence-corrected chi connectivity index (χ1v) is 6.43. The van der Waals surface area contributed by atoms with Crippen molar-refractivity contribution in [2.45, 2.75) is 0 Å². The first-order chi connectivity index (χ1) is 10.2. The van der Waals surface area contributed by atoms with E-state index in [1.807, 2.05) is 36.4 Å². The van der Waals surface area contributed by atoms with Gasteiger partial charge >= 0.3 is 0 Å². The van der Waals surface area contributed by atoms with E-state index in [4.69, 9.17) is 10.6 Å². The highest BCUT2D eigenvalue weighted by molar-refractivity contribution is 5.94. The quantitative estimate of drug-likeness (QED) is 0.571. The van der Waals surface area contributed by atoms with Gasteiger partial charge in [-0.3, -0.25) is 5.84 Å². The first-order valence-electron chi connectivity index (χ1n) is 6.43. The molecular formula is C16H14FN3O. The van der Waals surface area contributed by atoms with E-state index >= 15 is 0 Å². The third kappa shape index (κ3) is 2.39. The standard InChI is InChI=1S/C16H14FN3O/c1-21-16-7-11-14(8-12(16)17)19-13(9-15(11)20-18)10-5-3-2-4-6-10/h2-9H,18H2,1H3,(H,19,20). The molecule has 0 bridgehead atoms. The molecule has 1 aromatic heterocycles. The van der Waals surface area contributed by atoms with Gasteiger partial charge in [0.25, 0.3) is 0 Å². The van der Waals surface area contributed by atoms with Crippen LogP contribution in [0.25, 0.3) is 22.2 Å². The number of ether oxygens (including phenoxy) is 1. The van der Waals surface area contributed by atoms with Crippen LogP contribution >= 0.6 is 0 Å². The van der Waals surface area contributed by atoms with Gasteiger partial charge in [0.1, 0.15) is 0 Å². The van der Waals surface area contributed by atoms with Crippen LogP contribution in [0.2, 0.25) is 0 Å². The van der Waals surface area contributed by atoms with E-state index in [0.717, 1.165) is 11.3 Å². The predicted octanol–water partition coefficient (Wildman–Crippen LogP) is 3.34. The van der Waals surface area contributed by atoms with E-state index in [0.29, 0.717) is 16.6 Å². The Morgan fingerprint density at radius 1 is 1.14 bits per heavy atom. The molecule has 106 valence electrons. The molecule has 0 fully saturated rings. The van der Waals surface area contributed by atoms with E-state index in [1.54, 1.807) is 6.07 Å². The van der Waals surface area contributed by atoms with Crippen LogP contribution < -0.4 is 16.0 Å². The van der Waals surface area contributed by atoms with Crippen LogP contribution in [0.3, 0.4) is 0 Å². The number of fused-ring (bicyclic) bond motifs is 1. The van der Waals surface area contributed by atoms with Crippen molar-refractivity contribution < 1.29 is 9.13 Å². The molecule has 0 atom stereocenters. The lowest BCUT2D eigenvalue weighted by Gasteiger charge is -2.11. The molecule has 4 nitrogen and oxygen atoms in total. The number of nitrogen functional groups attached to an aromatic ring is 1. The molecule has 0 saturated heterocycles. The fourth-order valence-electron chi connectivity index (χ4n) is 2.26. The van der Waals surface area contributed by atoms with E-state index in [2.05, 4.69) is 10.4 Å². The molecule has 0 aliphatic rings. The minimum Gasteiger partial charge on any atom is -0.494 e. The second kappa shape index (κ2) is 5.38. The zero-order valence-electron chi connectivity index (χ0n) is 11.4. The van der Waals surface area contributed by atoms with Gasteiger partial charge in [-0.25, -0.2) is 9.37 Å². The monoisotopic (exact) mass is 283 g/mol. The van der Waals surface area contributed by atoms with Crippen LogP contribution in [0.5, 0.6) is 5.75 Å². The molecule has 0 unspecified atom stereocenters. The minimum absolute atomic E-state index is 0.160. The van der Waals surface area contributed by atoms with Crippen molar-refractivity contribution >= 4 is 16.6 Å². The van der Waals surface area contributed by atoms with Gasteiger partial charge in [0.05, 0.1) is 24.0 Å². The number of halogens is 1. The molecule has 21 heavy (non-hydrogen) atoms. The lowest BCUT2D eigenvalue weighted by Crippen LogP contribution is -2.08. The number of nitrogens with two attached hydrogens (primary N) is 1. The van der Waals surface area contributed by atoms with Crippen LogP contribution in [0.1, 0.15) is 0 Å². The third-order valence-corrected chi connectivity index (χ3v) is 3.31. The van der Waals surface area contributed by atoms with Gasteiger partial charge in [0.2, 0.25) is 0 Å². The lowest BCUT2D eigenvalue weighted by atomic mass is 10.1. The number of methoxy groups -OCH3 is 1. The number of benzene rings is 2. The zero-order valence-corrected chi connectivity index (χ0v) is 11.4. The zero-order chi connectivity index (χ0) is 14.8. The van der Waals surface area contributed by atoms with Crippen LogP contribution in [-0.2, 0) is 0 Å². The van der Waals surface area contributed by atoms with Gasteiger partial charge in [0, 0.05) is 17.0 Å². The van der Waals surface area contributed by atoms with Crippen molar-refractivity contribution in [1.29, 1.82) is 0 Å². The number of nitrogens with zero attached hydrogens (tertiary/aromatic N) is 1. The Kier molecular flexibility index (Phi) is 3.41. The molecule has 0 aliphatic carbocycles. The van der Waals surface area contributed by atoms with Crippen LogP contribution in [0.4, 0.5) is 10.1 Å². The van der Waals surface area contributed by atoms with Crippen molar-refractivity contribution in [1.82, 2.24) is 4.98 Å². The maximum Gasteiger partial charge on any atom is 0.167 e. The van der Waals surface area contributed by atoms with Crippen LogP contribution in [-0.4, -0.2) is 12.1 Å². The molecular weight excluding hydrogens is 269 g/mol. The normalized spacial score (nSPS) is 10.6. The summed E-state index contributed by atoms with van der Waals surface area (Å²) in [6, 6.07) is 14.4. The summed E-state index contributed by atoms with van der Waals surface area (Å²) in [5.74, 6) is 5.29. The number of hydrogen-bond acceptors (Lipinski definition) is 4. The molecule has 1 heterocycles. The predicted molar refractivity (Wildman–Crippen MR) is 81.5 cm³/mol. The van der Waals surface area contributed by atoms with Gasteiger partial charge in [-0.05, 0) is 12.1 Å². The smallest absolute Gasteiger partial charge is 0.167 e. The molecule has 3 N–H and O–H groups in total. The van der Waals surface area contributed by atoms with E-state index in [1.165, 1.54) is 13.2 Å². The number of hydrogen-bond donors (Lipinski definition) is 2. The number of nitrogens with one attached hydrogen (secondary N) is 1. The van der Waals surface area contributed by atoms with Crippen molar-refractivity contribution in [2.24, 2.45) is 5.84 Å². The molecule has 2 aromatic carbocycles. The highest BCUT2D eigenvalue weighted by Crippen LogP contribution is 2.31. The SMILES string of the molecule is COc1cc2c(NN)cc(-c3ccccc3)nc2cc1F. The summed E-state index contributed by atoms with van der Waals surface area (Å²) in [6.45, 7) is 0. The van der Waals surface area contributed by atoms with Gasteiger partial charge < -0.3 is 10.2 Å². The maximum atomic E-state index is 13.9. The first kappa shape index (κ1) is 13.3. The topological polar surface area (TPSA) is 60.2 Å². The summed E-state index contributed by atoms with van der Waals surface area (Å²) >= 11 is 0. The van der Waals surface area contributed by atoms with E-state index in [9.17, 15) is 4.39 Å². The molecule has 0 spiro atoms. The largest absolute Gasteiger partial charge is 0.494 e. The fourth-order valence-corrected chi connectivity index (χ4v) is 2.26. The molecule has 3 rings (SSSR count). The summed E-state index contributed by atoms with van der Waals surface area (Å²) in [7, 11) is 1.42. The lowest BCUT2D eigenvalue weighted by molar-refractivity contribution is 0.387. The van der Waals surface area contributed by atoms with Gasteiger partial charge in [-0.2, -0.15) is 0 Å². The van der Waals surface area contributed by atoms with Crippen LogP contribution in [0, 0.1) is 5.82 Å². The van der Waals surface area contributed by atoms with Crippen LogP contribution in [0.15, 0.2) is 48.5 Å².